The minimum atomic E-state index is -3.17. The maximum absolute atomic E-state index is 11.5. The van der Waals surface area contributed by atoms with Gasteiger partial charge in [0, 0.05) is 28.9 Å². The molecule has 7 heteroatoms. The van der Waals surface area contributed by atoms with Crippen molar-refractivity contribution in [2.45, 2.75) is 5.75 Å². The van der Waals surface area contributed by atoms with E-state index in [1.165, 1.54) is 10.9 Å². The number of rotatable bonds is 3. The number of aryl methyl sites for hydroxylation is 1. The third kappa shape index (κ3) is 2.98. The quantitative estimate of drug-likeness (QED) is 0.924. The number of aromatic nitrogens is 2. The van der Waals surface area contributed by atoms with Gasteiger partial charge in [-0.15, -0.1) is 0 Å². The third-order valence-electron chi connectivity index (χ3n) is 2.71. The second kappa shape index (κ2) is 4.97. The Balaban J connectivity index is 2.66. The van der Waals surface area contributed by atoms with Crippen molar-refractivity contribution in [2.75, 3.05) is 12.0 Å². The van der Waals surface area contributed by atoms with Crippen molar-refractivity contribution < 1.29 is 8.42 Å². The third-order valence-corrected chi connectivity index (χ3v) is 4.20. The Hall–Kier alpha value is -1.34. The van der Waals surface area contributed by atoms with Gasteiger partial charge in [-0.25, -0.2) is 8.42 Å². The Morgan fingerprint density at radius 3 is 2.58 bits per heavy atom. The number of benzene rings is 1. The summed E-state index contributed by atoms with van der Waals surface area (Å²) in [6.07, 6.45) is 1.18. The van der Waals surface area contributed by atoms with Gasteiger partial charge in [0.05, 0.1) is 11.4 Å². The molecule has 0 aliphatic heterocycles. The molecule has 102 valence electrons. The van der Waals surface area contributed by atoms with Crippen LogP contribution in [0.5, 0.6) is 0 Å². The van der Waals surface area contributed by atoms with Gasteiger partial charge in [0.2, 0.25) is 0 Å². The SMILES string of the molecule is Cn1nc(CS(C)(=O)=O)c(-c2ccccc2Br)c1N. The number of hydrogen-bond donors (Lipinski definition) is 1. The molecule has 1 heterocycles. The first-order chi connectivity index (χ1) is 8.79. The fraction of sp³-hybridized carbons (Fsp3) is 0.250. The standard InChI is InChI=1S/C12H14BrN3O2S/c1-16-12(14)11(8-5-3-4-6-9(8)13)10(15-16)7-19(2,17)18/h3-6H,7,14H2,1-2H3. The average molecular weight is 344 g/mol. The zero-order valence-electron chi connectivity index (χ0n) is 10.6. The van der Waals surface area contributed by atoms with Crippen LogP contribution in [0.25, 0.3) is 11.1 Å². The lowest BCUT2D eigenvalue weighted by molar-refractivity contribution is 0.600. The van der Waals surface area contributed by atoms with Crippen LogP contribution in [0, 0.1) is 0 Å². The summed E-state index contributed by atoms with van der Waals surface area (Å²) in [5.41, 5.74) is 7.98. The van der Waals surface area contributed by atoms with Gasteiger partial charge in [0.25, 0.3) is 0 Å². The summed E-state index contributed by atoms with van der Waals surface area (Å²) >= 11 is 3.45. The molecule has 0 saturated heterocycles. The van der Waals surface area contributed by atoms with E-state index in [-0.39, 0.29) is 5.75 Å². The lowest BCUT2D eigenvalue weighted by atomic mass is 10.1. The largest absolute Gasteiger partial charge is 0.383 e. The zero-order chi connectivity index (χ0) is 14.2. The summed E-state index contributed by atoms with van der Waals surface area (Å²) in [4.78, 5) is 0. The lowest BCUT2D eigenvalue weighted by Gasteiger charge is -2.06. The summed E-state index contributed by atoms with van der Waals surface area (Å²) in [7, 11) is -1.47. The molecule has 0 saturated carbocycles. The van der Waals surface area contributed by atoms with Crippen molar-refractivity contribution in [3.05, 3.63) is 34.4 Å². The molecule has 0 atom stereocenters. The molecule has 2 N–H and O–H groups in total. The number of halogens is 1. The number of nitrogens with two attached hydrogens (primary N) is 1. The van der Waals surface area contributed by atoms with Gasteiger partial charge in [0.15, 0.2) is 9.84 Å². The number of nitrogens with zero attached hydrogens (tertiary/aromatic N) is 2. The Labute approximate surface area is 120 Å². The number of hydrogen-bond acceptors (Lipinski definition) is 4. The van der Waals surface area contributed by atoms with Crippen LogP contribution in [0.2, 0.25) is 0 Å². The van der Waals surface area contributed by atoms with Crippen LogP contribution >= 0.6 is 15.9 Å². The average Bonchev–Trinajstić information content (AvgIpc) is 2.54. The smallest absolute Gasteiger partial charge is 0.153 e. The predicted octanol–water partition coefficient (Wildman–Crippen LogP) is 1.98. The second-order valence-electron chi connectivity index (χ2n) is 4.38. The van der Waals surface area contributed by atoms with Gasteiger partial charge >= 0.3 is 0 Å². The summed E-state index contributed by atoms with van der Waals surface area (Å²) in [5.74, 6) is 0.319. The Bertz CT molecular complexity index is 723. The van der Waals surface area contributed by atoms with Crippen LogP contribution in [0.3, 0.4) is 0 Å². The molecular weight excluding hydrogens is 330 g/mol. The monoisotopic (exact) mass is 343 g/mol. The van der Waals surface area contributed by atoms with Gasteiger partial charge in [-0.2, -0.15) is 5.10 Å². The molecule has 19 heavy (non-hydrogen) atoms. The first kappa shape index (κ1) is 14.1. The minimum absolute atomic E-state index is 0.130. The van der Waals surface area contributed by atoms with Crippen molar-refractivity contribution in [1.82, 2.24) is 9.78 Å². The van der Waals surface area contributed by atoms with Crippen molar-refractivity contribution in [1.29, 1.82) is 0 Å². The van der Waals surface area contributed by atoms with Gasteiger partial charge < -0.3 is 5.73 Å². The van der Waals surface area contributed by atoms with Gasteiger partial charge in [-0.1, -0.05) is 34.1 Å². The van der Waals surface area contributed by atoms with Crippen molar-refractivity contribution in [3.63, 3.8) is 0 Å². The topological polar surface area (TPSA) is 78.0 Å². The van der Waals surface area contributed by atoms with E-state index in [2.05, 4.69) is 21.0 Å². The van der Waals surface area contributed by atoms with E-state index < -0.39 is 9.84 Å². The summed E-state index contributed by atoms with van der Waals surface area (Å²) < 4.78 is 25.3. The number of nitrogen functional groups attached to an aromatic ring is 1. The molecule has 5 nitrogen and oxygen atoms in total. The molecule has 2 aromatic rings. The van der Waals surface area contributed by atoms with E-state index in [0.29, 0.717) is 17.1 Å². The van der Waals surface area contributed by atoms with E-state index in [9.17, 15) is 8.42 Å². The molecule has 0 radical (unpaired) electrons. The zero-order valence-corrected chi connectivity index (χ0v) is 13.0. The highest BCUT2D eigenvalue weighted by Crippen LogP contribution is 2.35. The van der Waals surface area contributed by atoms with Crippen LogP contribution in [-0.4, -0.2) is 24.5 Å². The molecule has 0 spiro atoms. The highest BCUT2D eigenvalue weighted by atomic mass is 79.9. The van der Waals surface area contributed by atoms with E-state index in [4.69, 9.17) is 5.73 Å². The first-order valence-electron chi connectivity index (χ1n) is 5.53. The molecule has 0 bridgehead atoms. The summed E-state index contributed by atoms with van der Waals surface area (Å²) in [6.45, 7) is 0. The van der Waals surface area contributed by atoms with Crippen molar-refractivity contribution >= 4 is 31.6 Å². The maximum atomic E-state index is 11.5. The molecule has 2 rings (SSSR count). The lowest BCUT2D eigenvalue weighted by Crippen LogP contribution is -2.03. The van der Waals surface area contributed by atoms with E-state index in [1.54, 1.807) is 7.05 Å². The van der Waals surface area contributed by atoms with Crippen molar-refractivity contribution in [3.8, 4) is 11.1 Å². The molecule has 0 aliphatic rings. The Morgan fingerprint density at radius 1 is 1.37 bits per heavy atom. The molecule has 1 aromatic heterocycles. The molecular formula is C12H14BrN3O2S. The molecule has 0 unspecified atom stereocenters. The van der Waals surface area contributed by atoms with Crippen LogP contribution in [0.4, 0.5) is 5.82 Å². The van der Waals surface area contributed by atoms with E-state index in [1.807, 2.05) is 24.3 Å². The van der Waals surface area contributed by atoms with Gasteiger partial charge in [-0.05, 0) is 6.07 Å². The highest BCUT2D eigenvalue weighted by molar-refractivity contribution is 9.10. The Morgan fingerprint density at radius 2 is 2.00 bits per heavy atom. The highest BCUT2D eigenvalue weighted by Gasteiger charge is 2.20. The predicted molar refractivity (Wildman–Crippen MR) is 79.3 cm³/mol. The van der Waals surface area contributed by atoms with Gasteiger partial charge in [-0.3, -0.25) is 4.68 Å². The van der Waals surface area contributed by atoms with E-state index in [0.717, 1.165) is 10.0 Å². The van der Waals surface area contributed by atoms with Crippen molar-refractivity contribution in [2.24, 2.45) is 7.05 Å². The first-order valence-corrected chi connectivity index (χ1v) is 8.39. The second-order valence-corrected chi connectivity index (χ2v) is 7.37. The van der Waals surface area contributed by atoms with E-state index >= 15 is 0 Å². The maximum Gasteiger partial charge on any atom is 0.153 e. The number of sulfone groups is 1. The summed E-state index contributed by atoms with van der Waals surface area (Å²) in [5, 5.41) is 4.20. The number of anilines is 1. The van der Waals surface area contributed by atoms with Crippen LogP contribution in [-0.2, 0) is 22.6 Å². The van der Waals surface area contributed by atoms with Crippen LogP contribution < -0.4 is 5.73 Å². The summed E-state index contributed by atoms with van der Waals surface area (Å²) in [6, 6.07) is 7.52. The Kier molecular flexibility index (Phi) is 3.69. The fourth-order valence-electron chi connectivity index (χ4n) is 1.90. The molecule has 1 aromatic carbocycles. The molecule has 0 amide bonds. The van der Waals surface area contributed by atoms with Crippen LogP contribution in [0.1, 0.15) is 5.69 Å². The fourth-order valence-corrected chi connectivity index (χ4v) is 3.08. The normalized spacial score (nSPS) is 11.7. The minimum Gasteiger partial charge on any atom is -0.383 e. The van der Waals surface area contributed by atoms with Crippen LogP contribution in [0.15, 0.2) is 28.7 Å². The molecule has 0 aliphatic carbocycles. The van der Waals surface area contributed by atoms with Gasteiger partial charge in [0.1, 0.15) is 5.82 Å². The molecule has 0 fully saturated rings.